The molecule has 0 radical (unpaired) electrons. The van der Waals surface area contributed by atoms with E-state index in [2.05, 4.69) is 49.4 Å². The maximum absolute atomic E-state index is 9.47. The normalized spacial score (nSPS) is 15.0. The molecule has 2 aromatic heterocycles. The number of aliphatic hydroxyl groups excluding tert-OH is 1. The summed E-state index contributed by atoms with van der Waals surface area (Å²) in [7, 11) is 0. The van der Waals surface area contributed by atoms with Crippen molar-refractivity contribution in [2.45, 2.75) is 40.5 Å². The minimum absolute atomic E-state index is 0. The van der Waals surface area contributed by atoms with Crippen LogP contribution < -0.4 is 4.90 Å². The van der Waals surface area contributed by atoms with Gasteiger partial charge in [-0.05, 0) is 81.3 Å². The molecule has 0 saturated carbocycles. The van der Waals surface area contributed by atoms with Gasteiger partial charge in [0.15, 0.2) is 0 Å². The zero-order valence-corrected chi connectivity index (χ0v) is 19.1. The highest BCUT2D eigenvalue weighted by Gasteiger charge is 2.23. The molecule has 1 N–H and O–H groups in total. The predicted molar refractivity (Wildman–Crippen MR) is 124 cm³/mol. The molecule has 1 fully saturated rings. The average molecular weight is 434 g/mol. The van der Waals surface area contributed by atoms with Crippen molar-refractivity contribution >= 4 is 40.7 Å². The molecule has 1 saturated heterocycles. The Morgan fingerprint density at radius 3 is 2.24 bits per heavy atom. The summed E-state index contributed by atoms with van der Waals surface area (Å²) >= 11 is 6.26. The zero-order valence-electron chi connectivity index (χ0n) is 17.5. The minimum atomic E-state index is 0. The van der Waals surface area contributed by atoms with E-state index in [4.69, 9.17) is 16.6 Å². The Labute approximate surface area is 183 Å². The van der Waals surface area contributed by atoms with E-state index in [-0.39, 0.29) is 12.4 Å². The van der Waals surface area contributed by atoms with Gasteiger partial charge in [0.1, 0.15) is 5.65 Å². The lowest BCUT2D eigenvalue weighted by atomic mass is 9.97. The van der Waals surface area contributed by atoms with Gasteiger partial charge in [-0.2, -0.15) is 0 Å². The number of hydrogen-bond donors (Lipinski definition) is 1. The van der Waals surface area contributed by atoms with Crippen LogP contribution in [0.5, 0.6) is 0 Å². The van der Waals surface area contributed by atoms with Gasteiger partial charge in [0.25, 0.3) is 0 Å². The molecule has 29 heavy (non-hydrogen) atoms. The summed E-state index contributed by atoms with van der Waals surface area (Å²) < 4.78 is 2.22. The standard InChI is InChI=1S/C23H28ClN3O.ClH/c1-14-9-19(24)10-15(2)22(14)27-12-16(3)21-20(11-17(4)25-23(21)27)26-7-5-18(13-28)6-8-26;/h9-12,18,28H,5-8,13H2,1-4H3;1H. The Morgan fingerprint density at radius 2 is 1.66 bits per heavy atom. The van der Waals surface area contributed by atoms with Crippen LogP contribution in [0.1, 0.15) is 35.2 Å². The summed E-state index contributed by atoms with van der Waals surface area (Å²) in [5.41, 5.74) is 7.98. The highest BCUT2D eigenvalue weighted by molar-refractivity contribution is 6.30. The van der Waals surface area contributed by atoms with Crippen LogP contribution in [-0.2, 0) is 0 Å². The molecule has 1 aliphatic rings. The molecule has 0 bridgehead atoms. The molecule has 1 aromatic carbocycles. The van der Waals surface area contributed by atoms with Gasteiger partial charge in [0, 0.05) is 47.7 Å². The van der Waals surface area contributed by atoms with Crippen molar-refractivity contribution in [3.05, 3.63) is 51.8 Å². The molecule has 1 aliphatic heterocycles. The summed E-state index contributed by atoms with van der Waals surface area (Å²) in [6.45, 7) is 10.7. The summed E-state index contributed by atoms with van der Waals surface area (Å²) in [4.78, 5) is 7.39. The number of fused-ring (bicyclic) bond motifs is 1. The number of rotatable bonds is 3. The molecule has 0 amide bonds. The second kappa shape index (κ2) is 8.55. The largest absolute Gasteiger partial charge is 0.396 e. The fourth-order valence-corrected chi connectivity index (χ4v) is 4.90. The van der Waals surface area contributed by atoms with E-state index in [1.165, 1.54) is 16.6 Å². The van der Waals surface area contributed by atoms with Crippen molar-refractivity contribution < 1.29 is 5.11 Å². The van der Waals surface area contributed by atoms with Gasteiger partial charge < -0.3 is 14.6 Å². The monoisotopic (exact) mass is 433 g/mol. The number of aliphatic hydroxyl groups is 1. The van der Waals surface area contributed by atoms with Gasteiger partial charge in [-0.1, -0.05) is 11.6 Å². The molecule has 4 nitrogen and oxygen atoms in total. The molecular formula is C23H29Cl2N3O. The van der Waals surface area contributed by atoms with Gasteiger partial charge in [0.05, 0.1) is 5.69 Å². The predicted octanol–water partition coefficient (Wildman–Crippen LogP) is 5.54. The molecule has 3 heterocycles. The molecule has 156 valence electrons. The van der Waals surface area contributed by atoms with Gasteiger partial charge in [-0.3, -0.25) is 0 Å². The number of anilines is 1. The van der Waals surface area contributed by atoms with Crippen LogP contribution in [0.3, 0.4) is 0 Å². The van der Waals surface area contributed by atoms with Crippen molar-refractivity contribution in [1.82, 2.24) is 9.55 Å². The third-order valence-corrected chi connectivity index (χ3v) is 6.18. The van der Waals surface area contributed by atoms with Crippen LogP contribution in [0.4, 0.5) is 5.69 Å². The highest BCUT2D eigenvalue weighted by Crippen LogP contribution is 2.36. The SMILES string of the molecule is Cc1cc(N2CCC(CO)CC2)c2c(C)cn(-c3c(C)cc(Cl)cc3C)c2n1.Cl. The topological polar surface area (TPSA) is 41.3 Å². The van der Waals surface area contributed by atoms with Gasteiger partial charge in [-0.25, -0.2) is 4.98 Å². The van der Waals surface area contributed by atoms with Crippen molar-refractivity contribution in [3.63, 3.8) is 0 Å². The zero-order chi connectivity index (χ0) is 20.0. The van der Waals surface area contributed by atoms with Gasteiger partial charge in [0.2, 0.25) is 0 Å². The van der Waals surface area contributed by atoms with Crippen LogP contribution in [0, 0.1) is 33.6 Å². The smallest absolute Gasteiger partial charge is 0.147 e. The van der Waals surface area contributed by atoms with E-state index < -0.39 is 0 Å². The van der Waals surface area contributed by atoms with E-state index in [1.54, 1.807) is 0 Å². The summed E-state index contributed by atoms with van der Waals surface area (Å²) in [5.74, 6) is 0.430. The van der Waals surface area contributed by atoms with E-state index in [1.807, 2.05) is 12.1 Å². The maximum Gasteiger partial charge on any atom is 0.147 e. The molecule has 0 unspecified atom stereocenters. The lowest BCUT2D eigenvalue weighted by Crippen LogP contribution is -2.35. The lowest BCUT2D eigenvalue weighted by molar-refractivity contribution is 0.203. The average Bonchev–Trinajstić information content (AvgIpc) is 2.96. The second-order valence-electron chi connectivity index (χ2n) is 8.16. The number of hydrogen-bond acceptors (Lipinski definition) is 3. The molecule has 0 atom stereocenters. The third kappa shape index (κ3) is 3.98. The first kappa shape index (κ1) is 21.9. The second-order valence-corrected chi connectivity index (χ2v) is 8.60. The quantitative estimate of drug-likeness (QED) is 0.588. The number of halogens is 2. The molecule has 0 aliphatic carbocycles. The Morgan fingerprint density at radius 1 is 1.03 bits per heavy atom. The van der Waals surface area contributed by atoms with Crippen molar-refractivity contribution in [2.24, 2.45) is 5.92 Å². The van der Waals surface area contributed by atoms with Crippen LogP contribution in [0.25, 0.3) is 16.7 Å². The summed E-state index contributed by atoms with van der Waals surface area (Å²) in [6, 6.07) is 6.24. The fraction of sp³-hybridized carbons (Fsp3) is 0.435. The first-order chi connectivity index (χ1) is 13.4. The molecular weight excluding hydrogens is 405 g/mol. The van der Waals surface area contributed by atoms with Crippen LogP contribution in [0.2, 0.25) is 5.02 Å². The number of pyridine rings is 1. The third-order valence-electron chi connectivity index (χ3n) is 5.96. The molecule has 0 spiro atoms. The maximum atomic E-state index is 9.47. The van der Waals surface area contributed by atoms with E-state index in [9.17, 15) is 5.11 Å². The summed E-state index contributed by atoms with van der Waals surface area (Å²) in [5, 5.41) is 11.5. The Balaban J connectivity index is 0.00000240. The van der Waals surface area contributed by atoms with Crippen molar-refractivity contribution in [1.29, 1.82) is 0 Å². The number of piperidine rings is 1. The van der Waals surface area contributed by atoms with E-state index in [0.29, 0.717) is 12.5 Å². The number of nitrogens with zero attached hydrogens (tertiary/aromatic N) is 3. The summed E-state index contributed by atoms with van der Waals surface area (Å²) in [6.07, 6.45) is 4.27. The number of aryl methyl sites for hydroxylation is 4. The Kier molecular flexibility index (Phi) is 6.47. The Bertz CT molecular complexity index is 1010. The van der Waals surface area contributed by atoms with Crippen LogP contribution >= 0.6 is 24.0 Å². The highest BCUT2D eigenvalue weighted by atomic mass is 35.5. The first-order valence-electron chi connectivity index (χ1n) is 10.0. The van der Waals surface area contributed by atoms with Gasteiger partial charge >= 0.3 is 0 Å². The molecule has 6 heteroatoms. The number of benzene rings is 1. The lowest BCUT2D eigenvalue weighted by Gasteiger charge is -2.33. The van der Waals surface area contributed by atoms with E-state index >= 15 is 0 Å². The minimum Gasteiger partial charge on any atom is -0.396 e. The Hall–Kier alpha value is -1.75. The molecule has 3 aromatic rings. The van der Waals surface area contributed by atoms with Crippen molar-refractivity contribution in [3.8, 4) is 5.69 Å². The molecule has 4 rings (SSSR count). The van der Waals surface area contributed by atoms with Gasteiger partial charge in [-0.15, -0.1) is 12.4 Å². The van der Waals surface area contributed by atoms with Crippen LogP contribution in [-0.4, -0.2) is 34.4 Å². The fourth-order valence-electron chi connectivity index (χ4n) is 4.57. The van der Waals surface area contributed by atoms with E-state index in [0.717, 1.165) is 59.1 Å². The number of aromatic nitrogens is 2. The first-order valence-corrected chi connectivity index (χ1v) is 10.4. The van der Waals surface area contributed by atoms with Crippen molar-refractivity contribution in [2.75, 3.05) is 24.6 Å². The van der Waals surface area contributed by atoms with Crippen LogP contribution in [0.15, 0.2) is 24.4 Å².